The van der Waals surface area contributed by atoms with Crippen molar-refractivity contribution in [2.45, 2.75) is 32.8 Å². The van der Waals surface area contributed by atoms with E-state index >= 15 is 0 Å². The van der Waals surface area contributed by atoms with Crippen LogP contribution in [0.3, 0.4) is 0 Å². The molecule has 0 bridgehead atoms. The third kappa shape index (κ3) is 3.59. The molecule has 1 heterocycles. The van der Waals surface area contributed by atoms with Crippen molar-refractivity contribution in [2.75, 3.05) is 13.2 Å². The van der Waals surface area contributed by atoms with Gasteiger partial charge in [-0.05, 0) is 19.8 Å². The van der Waals surface area contributed by atoms with E-state index in [4.69, 9.17) is 15.7 Å². The lowest BCUT2D eigenvalue weighted by molar-refractivity contribution is -0.123. The smallest absolute Gasteiger partial charge is 0.230 e. The minimum Gasteiger partial charge on any atom is -0.409 e. The minimum atomic E-state index is -0.558. The topological polar surface area (TPSA) is 96.9 Å². The SMILES string of the molecule is CCC(C(=O)NCC1CCOC1C)C(N)=NO. The molecular weight excluding hydrogens is 222 g/mol. The van der Waals surface area contributed by atoms with Crippen LogP contribution in [-0.4, -0.2) is 36.2 Å². The molecular formula is C11H21N3O3. The highest BCUT2D eigenvalue weighted by Gasteiger charge is 2.26. The number of amidine groups is 1. The van der Waals surface area contributed by atoms with Gasteiger partial charge in [0.25, 0.3) is 0 Å². The van der Waals surface area contributed by atoms with Crippen molar-refractivity contribution in [1.29, 1.82) is 0 Å². The van der Waals surface area contributed by atoms with Crippen LogP contribution in [0.15, 0.2) is 5.16 Å². The van der Waals surface area contributed by atoms with Crippen LogP contribution in [0.5, 0.6) is 0 Å². The van der Waals surface area contributed by atoms with Gasteiger partial charge in [0.1, 0.15) is 0 Å². The Hall–Kier alpha value is -1.30. The molecule has 98 valence electrons. The molecule has 3 unspecified atom stereocenters. The Morgan fingerprint density at radius 1 is 1.71 bits per heavy atom. The third-order valence-corrected chi connectivity index (χ3v) is 3.27. The summed E-state index contributed by atoms with van der Waals surface area (Å²) in [4.78, 5) is 11.8. The normalized spacial score (nSPS) is 26.8. The molecule has 0 radical (unpaired) electrons. The molecule has 0 aromatic heterocycles. The summed E-state index contributed by atoms with van der Waals surface area (Å²) in [5, 5.41) is 14.3. The maximum absolute atomic E-state index is 11.8. The maximum Gasteiger partial charge on any atom is 0.230 e. The maximum atomic E-state index is 11.8. The van der Waals surface area contributed by atoms with Crippen LogP contribution in [-0.2, 0) is 9.53 Å². The van der Waals surface area contributed by atoms with Gasteiger partial charge in [0.05, 0.1) is 12.0 Å². The molecule has 6 heteroatoms. The summed E-state index contributed by atoms with van der Waals surface area (Å²) in [5.74, 6) is -0.441. The van der Waals surface area contributed by atoms with Crippen LogP contribution >= 0.6 is 0 Å². The fourth-order valence-corrected chi connectivity index (χ4v) is 2.00. The Labute approximate surface area is 101 Å². The largest absolute Gasteiger partial charge is 0.409 e. The van der Waals surface area contributed by atoms with Crippen molar-refractivity contribution in [3.05, 3.63) is 0 Å². The van der Waals surface area contributed by atoms with Crippen molar-refractivity contribution < 1.29 is 14.7 Å². The lowest BCUT2D eigenvalue weighted by atomic mass is 10.0. The number of nitrogens with two attached hydrogens (primary N) is 1. The van der Waals surface area contributed by atoms with Crippen molar-refractivity contribution in [1.82, 2.24) is 5.32 Å². The number of hydrogen-bond acceptors (Lipinski definition) is 4. The first-order valence-corrected chi connectivity index (χ1v) is 5.96. The second kappa shape index (κ2) is 6.44. The Bertz CT molecular complexity index is 294. The fraction of sp³-hybridized carbons (Fsp3) is 0.818. The summed E-state index contributed by atoms with van der Waals surface area (Å²) >= 11 is 0. The van der Waals surface area contributed by atoms with Crippen molar-refractivity contribution in [3.8, 4) is 0 Å². The second-order valence-corrected chi connectivity index (χ2v) is 4.36. The van der Waals surface area contributed by atoms with Crippen LogP contribution in [0, 0.1) is 11.8 Å². The van der Waals surface area contributed by atoms with Gasteiger partial charge < -0.3 is 21.0 Å². The van der Waals surface area contributed by atoms with Gasteiger partial charge in [0, 0.05) is 19.1 Å². The molecule has 0 aromatic carbocycles. The van der Waals surface area contributed by atoms with E-state index in [1.165, 1.54) is 0 Å². The van der Waals surface area contributed by atoms with Crippen LogP contribution in [0.4, 0.5) is 0 Å². The molecule has 0 saturated carbocycles. The van der Waals surface area contributed by atoms with Crippen molar-refractivity contribution in [2.24, 2.45) is 22.7 Å². The molecule has 17 heavy (non-hydrogen) atoms. The monoisotopic (exact) mass is 243 g/mol. The summed E-state index contributed by atoms with van der Waals surface area (Å²) < 4.78 is 5.41. The summed E-state index contributed by atoms with van der Waals surface area (Å²) in [5.41, 5.74) is 5.45. The molecule has 6 nitrogen and oxygen atoms in total. The molecule has 4 N–H and O–H groups in total. The van der Waals surface area contributed by atoms with Crippen LogP contribution < -0.4 is 11.1 Å². The molecule has 0 aliphatic carbocycles. The zero-order valence-corrected chi connectivity index (χ0v) is 10.3. The average molecular weight is 243 g/mol. The Balaban J connectivity index is 2.42. The van der Waals surface area contributed by atoms with Gasteiger partial charge in [0.15, 0.2) is 5.84 Å². The van der Waals surface area contributed by atoms with E-state index in [0.717, 1.165) is 13.0 Å². The number of carbonyl (C=O) groups is 1. The van der Waals surface area contributed by atoms with E-state index in [9.17, 15) is 4.79 Å². The molecule has 1 saturated heterocycles. The molecule has 1 aliphatic heterocycles. The highest BCUT2D eigenvalue weighted by Crippen LogP contribution is 2.19. The molecule has 3 atom stereocenters. The van der Waals surface area contributed by atoms with E-state index in [2.05, 4.69) is 10.5 Å². The van der Waals surface area contributed by atoms with Gasteiger partial charge in [-0.15, -0.1) is 0 Å². The zero-order valence-electron chi connectivity index (χ0n) is 10.3. The lowest BCUT2D eigenvalue weighted by Gasteiger charge is -2.17. The first-order valence-electron chi connectivity index (χ1n) is 5.96. The number of ether oxygens (including phenoxy) is 1. The Morgan fingerprint density at radius 2 is 2.41 bits per heavy atom. The number of nitrogens with zero attached hydrogens (tertiary/aromatic N) is 1. The van der Waals surface area contributed by atoms with Gasteiger partial charge in [-0.1, -0.05) is 12.1 Å². The van der Waals surface area contributed by atoms with E-state index in [0.29, 0.717) is 18.9 Å². The predicted octanol–water partition coefficient (Wildman–Crippen LogP) is 0.300. The van der Waals surface area contributed by atoms with Gasteiger partial charge in [-0.25, -0.2) is 0 Å². The fourth-order valence-electron chi connectivity index (χ4n) is 2.00. The minimum absolute atomic E-state index is 0.0410. The summed E-state index contributed by atoms with van der Waals surface area (Å²) in [6.45, 7) is 5.16. The number of amides is 1. The Morgan fingerprint density at radius 3 is 2.88 bits per heavy atom. The number of hydrogen-bond donors (Lipinski definition) is 3. The zero-order chi connectivity index (χ0) is 12.8. The second-order valence-electron chi connectivity index (χ2n) is 4.36. The summed E-state index contributed by atoms with van der Waals surface area (Å²) in [6.07, 6.45) is 1.65. The van der Waals surface area contributed by atoms with Crippen LogP contribution in [0.1, 0.15) is 26.7 Å². The van der Waals surface area contributed by atoms with Crippen molar-refractivity contribution in [3.63, 3.8) is 0 Å². The van der Waals surface area contributed by atoms with E-state index in [1.807, 2.05) is 13.8 Å². The first kappa shape index (κ1) is 13.8. The predicted molar refractivity (Wildman–Crippen MR) is 63.7 cm³/mol. The molecule has 0 spiro atoms. The van der Waals surface area contributed by atoms with Crippen molar-refractivity contribution >= 4 is 11.7 Å². The highest BCUT2D eigenvalue weighted by atomic mass is 16.5. The van der Waals surface area contributed by atoms with Gasteiger partial charge >= 0.3 is 0 Å². The molecule has 1 rings (SSSR count). The van der Waals surface area contributed by atoms with E-state index < -0.39 is 5.92 Å². The van der Waals surface area contributed by atoms with Crippen LogP contribution in [0.25, 0.3) is 0 Å². The Kier molecular flexibility index (Phi) is 5.21. The number of nitrogens with one attached hydrogen (secondary N) is 1. The standard InChI is InChI=1S/C11H21N3O3/c1-3-9(10(12)14-16)11(15)13-6-8-4-5-17-7(8)2/h7-9,16H,3-6H2,1-2H3,(H2,12,14)(H,13,15). The van der Waals surface area contributed by atoms with Gasteiger partial charge in [-0.3, -0.25) is 4.79 Å². The lowest BCUT2D eigenvalue weighted by Crippen LogP contribution is -2.41. The van der Waals surface area contributed by atoms with Crippen LogP contribution in [0.2, 0.25) is 0 Å². The molecule has 0 aromatic rings. The number of oxime groups is 1. The summed E-state index contributed by atoms with van der Waals surface area (Å²) in [6, 6.07) is 0. The van der Waals surface area contributed by atoms with Gasteiger partial charge in [0.2, 0.25) is 5.91 Å². The van der Waals surface area contributed by atoms with E-state index in [-0.39, 0.29) is 17.8 Å². The average Bonchev–Trinajstić information content (AvgIpc) is 2.72. The first-order chi connectivity index (χ1) is 8.10. The number of carbonyl (C=O) groups excluding carboxylic acids is 1. The van der Waals surface area contributed by atoms with Gasteiger partial charge in [-0.2, -0.15) is 0 Å². The third-order valence-electron chi connectivity index (χ3n) is 3.27. The highest BCUT2D eigenvalue weighted by molar-refractivity contribution is 6.01. The molecule has 1 amide bonds. The summed E-state index contributed by atoms with van der Waals surface area (Å²) in [7, 11) is 0. The molecule has 1 fully saturated rings. The number of rotatable bonds is 5. The molecule has 1 aliphatic rings. The van der Waals surface area contributed by atoms with E-state index in [1.54, 1.807) is 0 Å². The quantitative estimate of drug-likeness (QED) is 0.280.